The molecule has 1 aromatic carbocycles. The molecule has 0 saturated carbocycles. The molecule has 2 aromatic rings. The van der Waals surface area contributed by atoms with Crippen molar-refractivity contribution in [1.82, 2.24) is 10.3 Å². The van der Waals surface area contributed by atoms with E-state index in [0.29, 0.717) is 36.8 Å². The van der Waals surface area contributed by atoms with Crippen LogP contribution in [-0.4, -0.2) is 30.0 Å². The van der Waals surface area contributed by atoms with Gasteiger partial charge in [-0.3, -0.25) is 4.79 Å². The van der Waals surface area contributed by atoms with Crippen molar-refractivity contribution in [1.29, 1.82) is 0 Å². The van der Waals surface area contributed by atoms with Crippen molar-refractivity contribution in [3.05, 3.63) is 58.7 Å². The van der Waals surface area contributed by atoms with E-state index >= 15 is 0 Å². The summed E-state index contributed by atoms with van der Waals surface area (Å²) in [6.07, 6.45) is -1.87. The first-order valence-electron chi connectivity index (χ1n) is 8.63. The van der Waals surface area contributed by atoms with Gasteiger partial charge in [-0.25, -0.2) is 4.98 Å². The third-order valence-electron chi connectivity index (χ3n) is 4.48. The zero-order valence-corrected chi connectivity index (χ0v) is 15.2. The Bertz CT molecular complexity index is 796. The first kappa shape index (κ1) is 19.5. The van der Waals surface area contributed by atoms with Gasteiger partial charge in [0.1, 0.15) is 5.82 Å². The van der Waals surface area contributed by atoms with Crippen molar-refractivity contribution in [3.63, 3.8) is 0 Å². The number of amides is 1. The second-order valence-corrected chi connectivity index (χ2v) is 6.97. The van der Waals surface area contributed by atoms with Crippen molar-refractivity contribution < 1.29 is 18.0 Å². The third kappa shape index (κ3) is 5.35. The lowest BCUT2D eigenvalue weighted by Crippen LogP contribution is -2.37. The highest BCUT2D eigenvalue weighted by Gasteiger charge is 2.31. The van der Waals surface area contributed by atoms with Crippen LogP contribution in [0, 0.1) is 0 Å². The molecule has 8 heteroatoms. The number of halogens is 4. The standard InChI is InChI=1S/C19H19ClF3N3O/c20-15-3-1-2-13(10-15)4-7-18(27)25-16-8-9-26(12-16)17-6-5-14(11-24-17)19(21,22)23/h1-3,5-6,10-11,16H,4,7-9,12H2,(H,25,27)/t16-/m0/s1. The number of carbonyl (C=O) groups is 1. The van der Waals surface area contributed by atoms with Gasteiger partial charge in [0.05, 0.1) is 5.56 Å². The Balaban J connectivity index is 1.48. The highest BCUT2D eigenvalue weighted by Crippen LogP contribution is 2.29. The molecule has 1 fully saturated rings. The molecule has 1 N–H and O–H groups in total. The minimum Gasteiger partial charge on any atom is -0.354 e. The predicted molar refractivity (Wildman–Crippen MR) is 97.8 cm³/mol. The Kier molecular flexibility index (Phi) is 5.89. The number of pyridine rings is 1. The quantitative estimate of drug-likeness (QED) is 0.826. The number of benzene rings is 1. The summed E-state index contributed by atoms with van der Waals surface area (Å²) in [6, 6.07) is 9.75. The largest absolute Gasteiger partial charge is 0.417 e. The van der Waals surface area contributed by atoms with E-state index in [0.717, 1.165) is 24.2 Å². The number of hydrogen-bond donors (Lipinski definition) is 1. The first-order chi connectivity index (χ1) is 12.8. The van der Waals surface area contributed by atoms with Crippen molar-refractivity contribution >= 4 is 23.3 Å². The molecule has 1 aromatic heterocycles. The summed E-state index contributed by atoms with van der Waals surface area (Å²) in [4.78, 5) is 17.9. The van der Waals surface area contributed by atoms with Crippen LogP contribution in [0.4, 0.5) is 19.0 Å². The first-order valence-corrected chi connectivity index (χ1v) is 9.01. The number of carbonyl (C=O) groups excluding carboxylic acids is 1. The van der Waals surface area contributed by atoms with Crippen molar-refractivity contribution in [2.24, 2.45) is 0 Å². The summed E-state index contributed by atoms with van der Waals surface area (Å²) in [5.74, 6) is 0.431. The number of alkyl halides is 3. The molecule has 1 saturated heterocycles. The lowest BCUT2D eigenvalue weighted by molar-refractivity contribution is -0.137. The average molecular weight is 398 g/mol. The van der Waals surface area contributed by atoms with Crippen molar-refractivity contribution in [2.75, 3.05) is 18.0 Å². The van der Waals surface area contributed by atoms with Gasteiger partial charge in [0.25, 0.3) is 0 Å². The molecule has 0 radical (unpaired) electrons. The van der Waals surface area contributed by atoms with E-state index in [2.05, 4.69) is 10.3 Å². The van der Waals surface area contributed by atoms with E-state index in [4.69, 9.17) is 11.6 Å². The normalized spacial score (nSPS) is 17.2. The second kappa shape index (κ2) is 8.17. The Labute approximate surface area is 160 Å². The molecule has 1 aliphatic rings. The minimum atomic E-state index is -4.39. The van der Waals surface area contributed by atoms with Gasteiger partial charge in [0, 0.05) is 36.8 Å². The number of rotatable bonds is 5. The number of nitrogens with zero attached hydrogens (tertiary/aromatic N) is 2. The Morgan fingerprint density at radius 2 is 2.11 bits per heavy atom. The number of aromatic nitrogens is 1. The summed E-state index contributed by atoms with van der Waals surface area (Å²) in [6.45, 7) is 1.17. The monoisotopic (exact) mass is 397 g/mol. The number of aryl methyl sites for hydroxylation is 1. The molecular weight excluding hydrogens is 379 g/mol. The minimum absolute atomic E-state index is 0.0408. The zero-order valence-electron chi connectivity index (χ0n) is 14.5. The Morgan fingerprint density at radius 1 is 1.30 bits per heavy atom. The summed E-state index contributed by atoms with van der Waals surface area (Å²) in [5.41, 5.74) is 0.232. The van der Waals surface area contributed by atoms with Gasteiger partial charge in [0.15, 0.2) is 0 Å². The molecule has 0 unspecified atom stereocenters. The molecule has 1 aliphatic heterocycles. The van der Waals surface area contributed by atoms with Crippen LogP contribution in [-0.2, 0) is 17.4 Å². The van der Waals surface area contributed by atoms with Crippen molar-refractivity contribution in [2.45, 2.75) is 31.5 Å². The maximum Gasteiger partial charge on any atom is 0.417 e. The van der Waals surface area contributed by atoms with E-state index in [9.17, 15) is 18.0 Å². The fraction of sp³-hybridized carbons (Fsp3) is 0.368. The van der Waals surface area contributed by atoms with Crippen LogP contribution < -0.4 is 10.2 Å². The second-order valence-electron chi connectivity index (χ2n) is 6.53. The van der Waals surface area contributed by atoms with Crippen LogP contribution in [0.5, 0.6) is 0 Å². The van der Waals surface area contributed by atoms with E-state index in [1.807, 2.05) is 23.1 Å². The average Bonchev–Trinajstić information content (AvgIpc) is 3.08. The number of hydrogen-bond acceptors (Lipinski definition) is 3. The fourth-order valence-electron chi connectivity index (χ4n) is 3.08. The molecule has 2 heterocycles. The van der Waals surface area contributed by atoms with Gasteiger partial charge < -0.3 is 10.2 Å². The van der Waals surface area contributed by atoms with Crippen molar-refractivity contribution in [3.8, 4) is 0 Å². The van der Waals surface area contributed by atoms with Gasteiger partial charge in [-0.15, -0.1) is 0 Å². The smallest absolute Gasteiger partial charge is 0.354 e. The van der Waals surface area contributed by atoms with E-state index in [-0.39, 0.29) is 11.9 Å². The summed E-state index contributed by atoms with van der Waals surface area (Å²) >= 11 is 5.93. The molecular formula is C19H19ClF3N3O. The van der Waals surface area contributed by atoms with Gasteiger partial charge in [-0.1, -0.05) is 23.7 Å². The SMILES string of the molecule is O=C(CCc1cccc(Cl)c1)N[C@H]1CCN(c2ccc(C(F)(F)F)cn2)C1. The van der Waals surface area contributed by atoms with E-state index in [1.54, 1.807) is 6.07 Å². The molecule has 0 bridgehead atoms. The lowest BCUT2D eigenvalue weighted by atomic mass is 10.1. The van der Waals surface area contributed by atoms with Gasteiger partial charge >= 0.3 is 6.18 Å². The molecule has 27 heavy (non-hydrogen) atoms. The summed E-state index contributed by atoms with van der Waals surface area (Å²) < 4.78 is 37.8. The summed E-state index contributed by atoms with van der Waals surface area (Å²) in [7, 11) is 0. The van der Waals surface area contributed by atoms with Crippen LogP contribution in [0.25, 0.3) is 0 Å². The van der Waals surface area contributed by atoms with E-state index in [1.165, 1.54) is 6.07 Å². The third-order valence-corrected chi connectivity index (χ3v) is 4.72. The molecule has 1 atom stereocenters. The number of nitrogens with one attached hydrogen (secondary N) is 1. The molecule has 0 spiro atoms. The van der Waals surface area contributed by atoms with Crippen LogP contribution in [0.1, 0.15) is 24.0 Å². The number of anilines is 1. The zero-order chi connectivity index (χ0) is 19.4. The fourth-order valence-corrected chi connectivity index (χ4v) is 3.29. The van der Waals surface area contributed by atoms with Crippen LogP contribution in [0.3, 0.4) is 0 Å². The highest BCUT2D eigenvalue weighted by atomic mass is 35.5. The molecule has 4 nitrogen and oxygen atoms in total. The summed E-state index contributed by atoms with van der Waals surface area (Å²) in [5, 5.41) is 3.62. The predicted octanol–water partition coefficient (Wildman–Crippen LogP) is 4.08. The Morgan fingerprint density at radius 3 is 2.78 bits per heavy atom. The molecule has 3 rings (SSSR count). The highest BCUT2D eigenvalue weighted by molar-refractivity contribution is 6.30. The van der Waals surface area contributed by atoms with Crippen LogP contribution in [0.15, 0.2) is 42.6 Å². The topological polar surface area (TPSA) is 45.2 Å². The van der Waals surface area contributed by atoms with Crippen LogP contribution in [0.2, 0.25) is 5.02 Å². The molecule has 1 amide bonds. The molecule has 0 aliphatic carbocycles. The van der Waals surface area contributed by atoms with Gasteiger partial charge in [-0.2, -0.15) is 13.2 Å². The lowest BCUT2D eigenvalue weighted by Gasteiger charge is -2.18. The van der Waals surface area contributed by atoms with Gasteiger partial charge in [-0.05, 0) is 42.7 Å². The van der Waals surface area contributed by atoms with E-state index < -0.39 is 11.7 Å². The molecule has 144 valence electrons. The Hall–Kier alpha value is -2.28. The van der Waals surface area contributed by atoms with Crippen LogP contribution >= 0.6 is 11.6 Å². The maximum absolute atomic E-state index is 12.6. The maximum atomic E-state index is 12.6. The van der Waals surface area contributed by atoms with Gasteiger partial charge in [0.2, 0.25) is 5.91 Å².